The second-order valence-corrected chi connectivity index (χ2v) is 4.93. The van der Waals surface area contributed by atoms with Crippen molar-refractivity contribution in [3.05, 3.63) is 61.9 Å². The Hall–Kier alpha value is -2.18. The third-order valence-corrected chi connectivity index (χ3v) is 3.19. The number of amides is 1. The number of carbonyl (C=O) groups excluding carboxylic acids is 1. The first kappa shape index (κ1) is 15.2. The predicted molar refractivity (Wildman–Crippen MR) is 80.0 cm³/mol. The van der Waals surface area contributed by atoms with Crippen LogP contribution in [0.4, 0.5) is 11.4 Å². The van der Waals surface area contributed by atoms with Crippen molar-refractivity contribution in [2.24, 2.45) is 0 Å². The van der Waals surface area contributed by atoms with Gasteiger partial charge in [0.15, 0.2) is 5.15 Å². The summed E-state index contributed by atoms with van der Waals surface area (Å²) in [5.74, 6) is -0.445. The second-order valence-electron chi connectivity index (χ2n) is 4.19. The number of aryl methyl sites for hydroxylation is 1. The van der Waals surface area contributed by atoms with E-state index in [1.54, 1.807) is 13.0 Å². The van der Waals surface area contributed by atoms with Crippen LogP contribution in [0.5, 0.6) is 0 Å². The van der Waals surface area contributed by atoms with Gasteiger partial charge in [0.2, 0.25) is 0 Å². The molecule has 0 fully saturated rings. The number of pyridine rings is 1. The summed E-state index contributed by atoms with van der Waals surface area (Å²) in [7, 11) is 0. The van der Waals surface area contributed by atoms with E-state index < -0.39 is 10.8 Å². The quantitative estimate of drug-likeness (QED) is 0.527. The van der Waals surface area contributed by atoms with Gasteiger partial charge < -0.3 is 5.32 Å². The summed E-state index contributed by atoms with van der Waals surface area (Å²) in [6, 6.07) is 6.80. The predicted octanol–water partition coefficient (Wildman–Crippen LogP) is 3.86. The zero-order valence-electron chi connectivity index (χ0n) is 10.8. The van der Waals surface area contributed by atoms with E-state index in [0.717, 1.165) is 0 Å². The van der Waals surface area contributed by atoms with Crippen molar-refractivity contribution in [3.8, 4) is 0 Å². The van der Waals surface area contributed by atoms with E-state index in [2.05, 4.69) is 10.3 Å². The first-order valence-corrected chi connectivity index (χ1v) is 6.52. The Balaban J connectivity index is 2.24. The molecule has 0 aliphatic heterocycles. The minimum atomic E-state index is -0.536. The normalized spacial score (nSPS) is 10.2. The molecule has 6 nitrogen and oxygen atoms in total. The molecule has 0 atom stereocenters. The van der Waals surface area contributed by atoms with E-state index >= 15 is 0 Å². The third-order valence-electron chi connectivity index (χ3n) is 2.72. The van der Waals surface area contributed by atoms with Gasteiger partial charge in [-0.3, -0.25) is 14.9 Å². The van der Waals surface area contributed by atoms with Crippen molar-refractivity contribution in [3.63, 3.8) is 0 Å². The SMILES string of the molecule is Cc1cc(Cl)nc(Cl)c1NC(=O)c1ccc([N+](=O)[O-])cc1. The van der Waals surface area contributed by atoms with Crippen molar-refractivity contribution in [1.82, 2.24) is 4.98 Å². The third kappa shape index (κ3) is 3.48. The highest BCUT2D eigenvalue weighted by molar-refractivity contribution is 6.35. The summed E-state index contributed by atoms with van der Waals surface area (Å²) in [6.07, 6.45) is 0. The highest BCUT2D eigenvalue weighted by atomic mass is 35.5. The zero-order chi connectivity index (χ0) is 15.6. The molecule has 21 heavy (non-hydrogen) atoms. The maximum absolute atomic E-state index is 12.1. The molecule has 0 saturated heterocycles. The lowest BCUT2D eigenvalue weighted by Crippen LogP contribution is -2.13. The summed E-state index contributed by atoms with van der Waals surface area (Å²) in [6.45, 7) is 1.73. The molecule has 108 valence electrons. The number of non-ortho nitro benzene ring substituents is 1. The molecule has 1 aromatic carbocycles. The van der Waals surface area contributed by atoms with Crippen LogP contribution in [0.25, 0.3) is 0 Å². The van der Waals surface area contributed by atoms with Gasteiger partial charge in [-0.2, -0.15) is 0 Å². The number of nitro groups is 1. The Morgan fingerprint density at radius 1 is 1.29 bits per heavy atom. The Bertz CT molecular complexity index is 694. The van der Waals surface area contributed by atoms with Crippen molar-refractivity contribution in [1.29, 1.82) is 0 Å². The molecule has 1 heterocycles. The highest BCUT2D eigenvalue weighted by Gasteiger charge is 2.14. The summed E-state index contributed by atoms with van der Waals surface area (Å²) in [5.41, 5.74) is 1.19. The fourth-order valence-corrected chi connectivity index (χ4v) is 2.24. The minimum Gasteiger partial charge on any atom is -0.319 e. The van der Waals surface area contributed by atoms with Crippen LogP contribution in [-0.4, -0.2) is 15.8 Å². The number of anilines is 1. The van der Waals surface area contributed by atoms with Gasteiger partial charge in [0.05, 0.1) is 10.6 Å². The lowest BCUT2D eigenvalue weighted by atomic mass is 10.2. The molecular weight excluding hydrogens is 317 g/mol. The van der Waals surface area contributed by atoms with Crippen LogP contribution in [0.15, 0.2) is 30.3 Å². The van der Waals surface area contributed by atoms with Crippen LogP contribution in [0, 0.1) is 17.0 Å². The largest absolute Gasteiger partial charge is 0.319 e. The van der Waals surface area contributed by atoms with Crippen molar-refractivity contribution < 1.29 is 9.72 Å². The molecule has 0 bridgehead atoms. The lowest BCUT2D eigenvalue weighted by molar-refractivity contribution is -0.384. The number of benzene rings is 1. The number of carbonyl (C=O) groups is 1. The summed E-state index contributed by atoms with van der Waals surface area (Å²) < 4.78 is 0. The number of hydrogen-bond donors (Lipinski definition) is 1. The highest BCUT2D eigenvalue weighted by Crippen LogP contribution is 2.27. The van der Waals surface area contributed by atoms with Crippen LogP contribution in [0.3, 0.4) is 0 Å². The van der Waals surface area contributed by atoms with Crippen molar-refractivity contribution in [2.75, 3.05) is 5.32 Å². The maximum Gasteiger partial charge on any atom is 0.269 e. The van der Waals surface area contributed by atoms with Gasteiger partial charge >= 0.3 is 0 Å². The van der Waals surface area contributed by atoms with E-state index in [4.69, 9.17) is 23.2 Å². The topological polar surface area (TPSA) is 85.1 Å². The first-order chi connectivity index (χ1) is 9.88. The van der Waals surface area contributed by atoms with Gasteiger partial charge in [0.25, 0.3) is 11.6 Å². The van der Waals surface area contributed by atoms with Gasteiger partial charge in [-0.25, -0.2) is 4.98 Å². The maximum atomic E-state index is 12.1. The molecule has 0 spiro atoms. The Kier molecular flexibility index (Phi) is 4.40. The number of rotatable bonds is 3. The molecule has 8 heteroatoms. The summed E-state index contributed by atoms with van der Waals surface area (Å²) >= 11 is 11.7. The second kappa shape index (κ2) is 6.07. The van der Waals surface area contributed by atoms with Gasteiger partial charge in [0.1, 0.15) is 5.15 Å². The molecule has 1 aromatic heterocycles. The lowest BCUT2D eigenvalue weighted by Gasteiger charge is -2.10. The number of hydrogen-bond acceptors (Lipinski definition) is 4. The van der Waals surface area contributed by atoms with E-state index in [0.29, 0.717) is 11.3 Å². The van der Waals surface area contributed by atoms with Gasteiger partial charge in [0, 0.05) is 17.7 Å². The molecule has 0 aliphatic rings. The number of nitrogens with one attached hydrogen (secondary N) is 1. The van der Waals surface area contributed by atoms with Crippen LogP contribution < -0.4 is 5.32 Å². The fourth-order valence-electron chi connectivity index (χ4n) is 1.67. The van der Waals surface area contributed by atoms with Crippen LogP contribution >= 0.6 is 23.2 Å². The minimum absolute atomic E-state index is 0.0789. The number of nitrogens with zero attached hydrogens (tertiary/aromatic N) is 2. The Labute approximate surface area is 129 Å². The van der Waals surface area contributed by atoms with E-state index in [1.807, 2.05) is 0 Å². The zero-order valence-corrected chi connectivity index (χ0v) is 12.3. The standard InChI is InChI=1S/C13H9Cl2N3O3/c1-7-6-10(14)16-12(15)11(7)17-13(19)8-2-4-9(5-3-8)18(20)21/h2-6H,1H3,(H,17,19). The van der Waals surface area contributed by atoms with Gasteiger partial charge in [-0.05, 0) is 30.7 Å². The first-order valence-electron chi connectivity index (χ1n) is 5.77. The number of nitro benzene ring substituents is 1. The summed E-state index contributed by atoms with van der Waals surface area (Å²) in [5, 5.41) is 13.5. The van der Waals surface area contributed by atoms with E-state index in [9.17, 15) is 14.9 Å². The molecule has 2 rings (SSSR count). The van der Waals surface area contributed by atoms with Gasteiger partial charge in [-0.15, -0.1) is 0 Å². The molecule has 1 N–H and O–H groups in total. The molecule has 0 aliphatic carbocycles. The van der Waals surface area contributed by atoms with Crippen molar-refractivity contribution >= 4 is 40.5 Å². The van der Waals surface area contributed by atoms with E-state index in [-0.39, 0.29) is 21.6 Å². The average molecular weight is 326 g/mol. The summed E-state index contributed by atoms with van der Waals surface area (Å²) in [4.78, 5) is 26.0. The number of aromatic nitrogens is 1. The fraction of sp³-hybridized carbons (Fsp3) is 0.0769. The molecular formula is C13H9Cl2N3O3. The van der Waals surface area contributed by atoms with Crippen LogP contribution in [0.1, 0.15) is 15.9 Å². The van der Waals surface area contributed by atoms with Crippen LogP contribution in [0.2, 0.25) is 10.3 Å². The number of halogens is 2. The van der Waals surface area contributed by atoms with Gasteiger partial charge in [-0.1, -0.05) is 23.2 Å². The Morgan fingerprint density at radius 2 is 1.90 bits per heavy atom. The van der Waals surface area contributed by atoms with E-state index in [1.165, 1.54) is 24.3 Å². The molecule has 0 unspecified atom stereocenters. The average Bonchev–Trinajstić information content (AvgIpc) is 2.42. The van der Waals surface area contributed by atoms with Crippen molar-refractivity contribution in [2.45, 2.75) is 6.92 Å². The molecule has 1 amide bonds. The monoisotopic (exact) mass is 325 g/mol. The molecule has 0 saturated carbocycles. The van der Waals surface area contributed by atoms with Crippen LogP contribution in [-0.2, 0) is 0 Å². The Morgan fingerprint density at radius 3 is 2.43 bits per heavy atom. The molecule has 2 aromatic rings. The molecule has 0 radical (unpaired) electrons. The smallest absolute Gasteiger partial charge is 0.269 e.